The van der Waals surface area contributed by atoms with Gasteiger partial charge in [0.2, 0.25) is 0 Å². The third-order valence-electron chi connectivity index (χ3n) is 2.89. The standard InChI is InChI=1S/C15H14N4O/c1-2-3-10-20-11-13-8-9-19(17-13)18-12-16-14-6-4-5-7-15(14)18/h4-9,12H,10-11H2,1H3. The number of fused-ring (bicyclic) bond motifs is 1. The molecule has 0 aliphatic rings. The maximum absolute atomic E-state index is 5.40. The lowest BCUT2D eigenvalue weighted by Crippen LogP contribution is -2.09. The summed E-state index contributed by atoms with van der Waals surface area (Å²) in [7, 11) is 0. The van der Waals surface area contributed by atoms with Crippen molar-refractivity contribution in [2.45, 2.75) is 13.5 Å². The molecular formula is C15H14N4O. The van der Waals surface area contributed by atoms with Crippen molar-refractivity contribution in [1.82, 2.24) is 19.5 Å². The zero-order valence-electron chi connectivity index (χ0n) is 11.2. The molecule has 0 radical (unpaired) electrons. The fraction of sp³-hybridized carbons (Fsp3) is 0.200. The Morgan fingerprint density at radius 2 is 2.15 bits per heavy atom. The van der Waals surface area contributed by atoms with Crippen molar-refractivity contribution in [1.29, 1.82) is 0 Å². The van der Waals surface area contributed by atoms with Gasteiger partial charge in [-0.3, -0.25) is 0 Å². The van der Waals surface area contributed by atoms with Gasteiger partial charge in [-0.25, -0.2) is 9.66 Å². The first-order chi connectivity index (χ1) is 9.88. The van der Waals surface area contributed by atoms with Crippen molar-refractivity contribution < 1.29 is 4.74 Å². The SMILES string of the molecule is CC#CCOCc1ccn(-n2cnc3ccccc32)n1. The normalized spacial score (nSPS) is 10.4. The van der Waals surface area contributed by atoms with Crippen LogP contribution < -0.4 is 0 Å². The van der Waals surface area contributed by atoms with Crippen LogP contribution in [0.25, 0.3) is 11.0 Å². The molecule has 3 rings (SSSR count). The van der Waals surface area contributed by atoms with E-state index in [0.717, 1.165) is 16.7 Å². The predicted molar refractivity (Wildman–Crippen MR) is 75.9 cm³/mol. The number of imidazole rings is 1. The molecule has 100 valence electrons. The van der Waals surface area contributed by atoms with E-state index < -0.39 is 0 Å². The number of aromatic nitrogens is 4. The Hall–Kier alpha value is -2.58. The highest BCUT2D eigenvalue weighted by Gasteiger charge is 2.05. The highest BCUT2D eigenvalue weighted by atomic mass is 16.5. The number of nitrogens with zero attached hydrogens (tertiary/aromatic N) is 4. The molecule has 0 aliphatic carbocycles. The van der Waals surface area contributed by atoms with E-state index in [-0.39, 0.29) is 0 Å². The Morgan fingerprint density at radius 1 is 1.25 bits per heavy atom. The van der Waals surface area contributed by atoms with Gasteiger partial charge in [0.1, 0.15) is 12.9 Å². The second kappa shape index (κ2) is 5.59. The van der Waals surface area contributed by atoms with Gasteiger partial charge in [-0.1, -0.05) is 18.1 Å². The molecular weight excluding hydrogens is 252 g/mol. The molecule has 0 saturated carbocycles. The molecule has 0 amide bonds. The van der Waals surface area contributed by atoms with Crippen LogP contribution in [0.2, 0.25) is 0 Å². The monoisotopic (exact) mass is 266 g/mol. The van der Waals surface area contributed by atoms with Crippen molar-refractivity contribution in [2.75, 3.05) is 6.61 Å². The van der Waals surface area contributed by atoms with Crippen molar-refractivity contribution in [3.8, 4) is 11.8 Å². The molecule has 2 aromatic heterocycles. The summed E-state index contributed by atoms with van der Waals surface area (Å²) in [5.74, 6) is 5.64. The minimum atomic E-state index is 0.428. The Morgan fingerprint density at radius 3 is 3.05 bits per heavy atom. The van der Waals surface area contributed by atoms with Crippen LogP contribution in [0.15, 0.2) is 42.9 Å². The molecule has 3 aromatic rings. The average molecular weight is 266 g/mol. The second-order valence-corrected chi connectivity index (χ2v) is 4.22. The topological polar surface area (TPSA) is 44.9 Å². The fourth-order valence-electron chi connectivity index (χ4n) is 1.94. The lowest BCUT2D eigenvalue weighted by Gasteiger charge is -2.03. The van der Waals surface area contributed by atoms with Crippen molar-refractivity contribution in [2.24, 2.45) is 0 Å². The summed E-state index contributed by atoms with van der Waals surface area (Å²) in [6.07, 6.45) is 3.64. The summed E-state index contributed by atoms with van der Waals surface area (Å²) >= 11 is 0. The van der Waals surface area contributed by atoms with E-state index in [1.807, 2.05) is 41.2 Å². The third-order valence-corrected chi connectivity index (χ3v) is 2.89. The van der Waals surface area contributed by atoms with Crippen LogP contribution in [0.3, 0.4) is 0 Å². The summed E-state index contributed by atoms with van der Waals surface area (Å²) < 4.78 is 7.30. The smallest absolute Gasteiger partial charge is 0.118 e. The molecule has 5 heteroatoms. The number of ether oxygens (including phenoxy) is 1. The van der Waals surface area contributed by atoms with Crippen LogP contribution >= 0.6 is 0 Å². The van der Waals surface area contributed by atoms with Crippen LogP contribution in [0.4, 0.5) is 0 Å². The van der Waals surface area contributed by atoms with Crippen LogP contribution in [-0.4, -0.2) is 26.2 Å². The van der Waals surface area contributed by atoms with E-state index in [1.165, 1.54) is 0 Å². The maximum atomic E-state index is 5.40. The zero-order valence-corrected chi connectivity index (χ0v) is 11.2. The predicted octanol–water partition coefficient (Wildman–Crippen LogP) is 2.08. The molecule has 5 nitrogen and oxygen atoms in total. The second-order valence-electron chi connectivity index (χ2n) is 4.22. The van der Waals surface area contributed by atoms with Crippen LogP contribution in [0.5, 0.6) is 0 Å². The van der Waals surface area contributed by atoms with E-state index in [1.54, 1.807) is 18.0 Å². The zero-order chi connectivity index (χ0) is 13.8. The summed E-state index contributed by atoms with van der Waals surface area (Å²) in [4.78, 5) is 6.09. The lowest BCUT2D eigenvalue weighted by atomic mass is 10.3. The Kier molecular flexibility index (Phi) is 3.48. The van der Waals surface area contributed by atoms with Gasteiger partial charge in [0.05, 0.1) is 23.3 Å². The first-order valence-corrected chi connectivity index (χ1v) is 6.33. The van der Waals surface area contributed by atoms with Gasteiger partial charge < -0.3 is 4.74 Å². The minimum Gasteiger partial charge on any atom is -0.362 e. The molecule has 0 unspecified atom stereocenters. The lowest BCUT2D eigenvalue weighted by molar-refractivity contribution is 0.149. The average Bonchev–Trinajstić information content (AvgIpc) is 3.10. The van der Waals surface area contributed by atoms with Gasteiger partial charge >= 0.3 is 0 Å². The van der Waals surface area contributed by atoms with Gasteiger partial charge in [0, 0.05) is 6.20 Å². The summed E-state index contributed by atoms with van der Waals surface area (Å²) in [5.41, 5.74) is 2.82. The summed E-state index contributed by atoms with van der Waals surface area (Å²) in [6.45, 7) is 2.67. The fourth-order valence-corrected chi connectivity index (χ4v) is 1.94. The van der Waals surface area contributed by atoms with Crippen LogP contribution in [-0.2, 0) is 11.3 Å². The van der Waals surface area contributed by atoms with Crippen molar-refractivity contribution in [3.63, 3.8) is 0 Å². The van der Waals surface area contributed by atoms with Crippen molar-refractivity contribution >= 4 is 11.0 Å². The molecule has 0 atom stereocenters. The first-order valence-electron chi connectivity index (χ1n) is 6.33. The van der Waals surface area contributed by atoms with Gasteiger partial charge in [-0.15, -0.1) is 5.92 Å². The molecule has 0 spiro atoms. The molecule has 0 bridgehead atoms. The van der Waals surface area contributed by atoms with E-state index in [4.69, 9.17) is 4.74 Å². The third kappa shape index (κ3) is 2.42. The highest BCUT2D eigenvalue weighted by molar-refractivity contribution is 5.74. The molecule has 0 aliphatic heterocycles. The van der Waals surface area contributed by atoms with E-state index in [2.05, 4.69) is 21.9 Å². The van der Waals surface area contributed by atoms with Gasteiger partial charge in [-0.2, -0.15) is 9.89 Å². The van der Waals surface area contributed by atoms with Crippen LogP contribution in [0, 0.1) is 11.8 Å². The first kappa shape index (κ1) is 12.5. The number of para-hydroxylation sites is 2. The van der Waals surface area contributed by atoms with E-state index >= 15 is 0 Å². The quantitative estimate of drug-likeness (QED) is 0.536. The van der Waals surface area contributed by atoms with Gasteiger partial charge in [0.15, 0.2) is 0 Å². The Labute approximate surface area is 116 Å². The number of hydrogen-bond donors (Lipinski definition) is 0. The van der Waals surface area contributed by atoms with E-state index in [9.17, 15) is 0 Å². The molecule has 0 N–H and O–H groups in total. The highest BCUT2D eigenvalue weighted by Crippen LogP contribution is 2.12. The number of benzene rings is 1. The van der Waals surface area contributed by atoms with Gasteiger partial charge in [-0.05, 0) is 25.1 Å². The maximum Gasteiger partial charge on any atom is 0.118 e. The van der Waals surface area contributed by atoms with Gasteiger partial charge in [0.25, 0.3) is 0 Å². The summed E-state index contributed by atoms with van der Waals surface area (Å²) in [6, 6.07) is 9.86. The van der Waals surface area contributed by atoms with E-state index in [0.29, 0.717) is 13.2 Å². The molecule has 0 saturated heterocycles. The number of hydrogen-bond acceptors (Lipinski definition) is 3. The molecule has 20 heavy (non-hydrogen) atoms. The molecule has 0 fully saturated rings. The molecule has 1 aromatic carbocycles. The summed E-state index contributed by atoms with van der Waals surface area (Å²) in [5, 5.41) is 4.47. The Bertz CT molecular complexity index is 776. The van der Waals surface area contributed by atoms with Crippen LogP contribution in [0.1, 0.15) is 12.6 Å². The molecule has 2 heterocycles. The number of rotatable bonds is 4. The largest absolute Gasteiger partial charge is 0.362 e. The van der Waals surface area contributed by atoms with Crippen molar-refractivity contribution in [3.05, 3.63) is 48.5 Å². The Balaban J connectivity index is 1.80. The minimum absolute atomic E-state index is 0.428.